The van der Waals surface area contributed by atoms with Crippen LogP contribution in [0.4, 0.5) is 5.69 Å². The Morgan fingerprint density at radius 3 is 2.42 bits per heavy atom. The van der Waals surface area contributed by atoms with E-state index < -0.39 is 10.0 Å². The number of halogens is 1. The van der Waals surface area contributed by atoms with E-state index in [-0.39, 0.29) is 23.3 Å². The van der Waals surface area contributed by atoms with E-state index >= 15 is 0 Å². The number of carbonyl (C=O) groups excluding carboxylic acids is 1. The zero-order valence-corrected chi connectivity index (χ0v) is 19.3. The van der Waals surface area contributed by atoms with Crippen LogP contribution in [-0.4, -0.2) is 62.8 Å². The van der Waals surface area contributed by atoms with Crippen LogP contribution >= 0.6 is 11.6 Å². The largest absolute Gasteiger partial charge is 0.368 e. The second-order valence-electron chi connectivity index (χ2n) is 8.26. The first-order valence-corrected chi connectivity index (χ1v) is 12.5. The van der Waals surface area contributed by atoms with E-state index in [0.717, 1.165) is 25.2 Å². The molecule has 31 heavy (non-hydrogen) atoms. The van der Waals surface area contributed by atoms with E-state index in [9.17, 15) is 13.2 Å². The lowest BCUT2D eigenvalue weighted by Gasteiger charge is -2.40. The van der Waals surface area contributed by atoms with Crippen LogP contribution in [0.2, 0.25) is 5.02 Å². The number of nitrogens with zero attached hydrogens (tertiary/aromatic N) is 3. The lowest BCUT2D eigenvalue weighted by molar-refractivity contribution is -0.137. The summed E-state index contributed by atoms with van der Waals surface area (Å²) >= 11 is 6.17. The third-order valence-corrected chi connectivity index (χ3v) is 8.33. The molecule has 2 heterocycles. The summed E-state index contributed by atoms with van der Waals surface area (Å²) in [5, 5.41) is 0.709. The number of anilines is 1. The molecule has 1 amide bonds. The van der Waals surface area contributed by atoms with Gasteiger partial charge in [0.25, 0.3) is 0 Å². The van der Waals surface area contributed by atoms with Gasteiger partial charge in [0.15, 0.2) is 0 Å². The minimum Gasteiger partial charge on any atom is -0.368 e. The number of piperazine rings is 1. The number of benzene rings is 2. The molecule has 2 fully saturated rings. The number of aryl methyl sites for hydroxylation is 1. The second kappa shape index (κ2) is 9.18. The van der Waals surface area contributed by atoms with Crippen LogP contribution in [0.1, 0.15) is 18.4 Å². The number of sulfonamides is 1. The molecule has 2 aromatic rings. The van der Waals surface area contributed by atoms with Crippen LogP contribution in [0.15, 0.2) is 53.4 Å². The Morgan fingerprint density at radius 2 is 1.71 bits per heavy atom. The first-order chi connectivity index (χ1) is 14.9. The monoisotopic (exact) mass is 461 g/mol. The summed E-state index contributed by atoms with van der Waals surface area (Å²) in [6, 6.07) is 14.3. The van der Waals surface area contributed by atoms with E-state index in [4.69, 9.17) is 11.6 Å². The Hall–Kier alpha value is -2.09. The molecule has 0 saturated carbocycles. The Labute approximate surface area is 189 Å². The highest BCUT2D eigenvalue weighted by molar-refractivity contribution is 7.89. The van der Waals surface area contributed by atoms with Gasteiger partial charge in [-0.1, -0.05) is 35.9 Å². The van der Waals surface area contributed by atoms with E-state index in [2.05, 4.69) is 11.8 Å². The highest BCUT2D eigenvalue weighted by atomic mass is 35.5. The van der Waals surface area contributed by atoms with Gasteiger partial charge in [0.2, 0.25) is 15.9 Å². The number of carbonyl (C=O) groups is 1. The quantitative estimate of drug-likeness (QED) is 0.700. The lowest BCUT2D eigenvalue weighted by Crippen LogP contribution is -2.53. The van der Waals surface area contributed by atoms with Crippen molar-refractivity contribution in [2.75, 3.05) is 44.2 Å². The Morgan fingerprint density at radius 1 is 1.00 bits per heavy atom. The first kappa shape index (κ1) is 22.1. The molecule has 2 aliphatic rings. The van der Waals surface area contributed by atoms with Crippen LogP contribution in [0.5, 0.6) is 0 Å². The lowest BCUT2D eigenvalue weighted by atomic mass is 9.97. The number of piperidine rings is 1. The summed E-state index contributed by atoms with van der Waals surface area (Å²) in [4.78, 5) is 17.6. The summed E-state index contributed by atoms with van der Waals surface area (Å²) in [6.45, 7) is 5.52. The normalized spacial score (nSPS) is 20.6. The predicted molar refractivity (Wildman–Crippen MR) is 123 cm³/mol. The average Bonchev–Trinajstić information content (AvgIpc) is 2.81. The zero-order valence-electron chi connectivity index (χ0n) is 17.7. The number of hydrogen-bond donors (Lipinski definition) is 0. The molecule has 2 aromatic carbocycles. The molecule has 1 unspecified atom stereocenters. The number of rotatable bonds is 4. The van der Waals surface area contributed by atoms with E-state index in [1.807, 2.05) is 23.1 Å². The van der Waals surface area contributed by atoms with Crippen molar-refractivity contribution in [1.82, 2.24) is 9.21 Å². The summed E-state index contributed by atoms with van der Waals surface area (Å²) < 4.78 is 27.4. The maximum absolute atomic E-state index is 13.2. The molecule has 2 aliphatic heterocycles. The second-order valence-corrected chi connectivity index (χ2v) is 10.6. The third-order valence-electron chi connectivity index (χ3n) is 6.22. The van der Waals surface area contributed by atoms with Crippen LogP contribution < -0.4 is 4.90 Å². The zero-order chi connectivity index (χ0) is 22.0. The first-order valence-electron chi connectivity index (χ1n) is 10.7. The van der Waals surface area contributed by atoms with Gasteiger partial charge in [-0.05, 0) is 49.6 Å². The molecule has 0 bridgehead atoms. The van der Waals surface area contributed by atoms with E-state index in [1.165, 1.54) is 9.87 Å². The third kappa shape index (κ3) is 4.73. The van der Waals surface area contributed by atoms with Crippen molar-refractivity contribution in [1.29, 1.82) is 0 Å². The fourth-order valence-electron chi connectivity index (χ4n) is 4.45. The Bertz CT molecular complexity index is 1040. The Kier molecular flexibility index (Phi) is 6.55. The van der Waals surface area contributed by atoms with Crippen molar-refractivity contribution in [3.63, 3.8) is 0 Å². The molecule has 0 N–H and O–H groups in total. The summed E-state index contributed by atoms with van der Waals surface area (Å²) in [5.74, 6) is -0.220. The van der Waals surface area contributed by atoms with Crippen LogP contribution in [0.3, 0.4) is 0 Å². The van der Waals surface area contributed by atoms with E-state index in [0.29, 0.717) is 31.1 Å². The topological polar surface area (TPSA) is 60.9 Å². The molecule has 0 aliphatic carbocycles. The summed E-state index contributed by atoms with van der Waals surface area (Å²) in [5.41, 5.74) is 2.27. The van der Waals surface area contributed by atoms with Crippen LogP contribution in [0.25, 0.3) is 0 Å². The highest BCUT2D eigenvalue weighted by Crippen LogP contribution is 2.28. The van der Waals surface area contributed by atoms with Gasteiger partial charge < -0.3 is 9.80 Å². The molecule has 8 heteroatoms. The maximum atomic E-state index is 13.2. The number of amides is 1. The molecular formula is C23H28ClN3O3S. The van der Waals surface area contributed by atoms with Crippen LogP contribution in [0, 0.1) is 12.8 Å². The van der Waals surface area contributed by atoms with Gasteiger partial charge in [-0.2, -0.15) is 4.31 Å². The number of hydrogen-bond acceptors (Lipinski definition) is 4. The molecular weight excluding hydrogens is 434 g/mol. The molecule has 0 spiro atoms. The van der Waals surface area contributed by atoms with Crippen molar-refractivity contribution >= 4 is 33.2 Å². The minimum absolute atomic E-state index is 0.0652. The van der Waals surface area contributed by atoms with Gasteiger partial charge in [0.1, 0.15) is 0 Å². The maximum Gasteiger partial charge on any atom is 0.243 e. The van der Waals surface area contributed by atoms with Crippen molar-refractivity contribution in [2.24, 2.45) is 5.92 Å². The molecule has 0 radical (unpaired) electrons. The predicted octanol–water partition coefficient (Wildman–Crippen LogP) is 3.40. The van der Waals surface area contributed by atoms with Gasteiger partial charge in [-0.3, -0.25) is 4.79 Å². The SMILES string of the molecule is Cc1ccc(Cl)cc1N1CCN(C(=O)C2CCCN(S(=O)(=O)c3ccccc3)C2)CC1. The molecule has 166 valence electrons. The Balaban J connectivity index is 1.39. The summed E-state index contributed by atoms with van der Waals surface area (Å²) in [6.07, 6.45) is 1.43. The molecule has 1 atom stereocenters. The molecule has 0 aromatic heterocycles. The van der Waals surface area contributed by atoms with Gasteiger partial charge in [-0.25, -0.2) is 8.42 Å². The van der Waals surface area contributed by atoms with Crippen LogP contribution in [-0.2, 0) is 14.8 Å². The van der Waals surface area contributed by atoms with Gasteiger partial charge >= 0.3 is 0 Å². The average molecular weight is 462 g/mol. The highest BCUT2D eigenvalue weighted by Gasteiger charge is 2.35. The van der Waals surface area contributed by atoms with Crippen molar-refractivity contribution in [3.05, 3.63) is 59.1 Å². The standard InChI is InChI=1S/C23H28ClN3O3S/c1-18-9-10-20(24)16-22(18)25-12-14-26(15-13-25)23(28)19-6-5-11-27(17-19)31(29,30)21-7-3-2-4-8-21/h2-4,7-10,16,19H,5-6,11-15,17H2,1H3. The minimum atomic E-state index is -3.57. The van der Waals surface area contributed by atoms with E-state index in [1.54, 1.807) is 30.3 Å². The van der Waals surface area contributed by atoms with Gasteiger partial charge in [0.05, 0.1) is 10.8 Å². The molecule has 2 saturated heterocycles. The van der Waals surface area contributed by atoms with Crippen molar-refractivity contribution in [2.45, 2.75) is 24.7 Å². The summed E-state index contributed by atoms with van der Waals surface area (Å²) in [7, 11) is -3.57. The van der Waals surface area contributed by atoms with Gasteiger partial charge in [-0.15, -0.1) is 0 Å². The van der Waals surface area contributed by atoms with Crippen molar-refractivity contribution < 1.29 is 13.2 Å². The van der Waals surface area contributed by atoms with Crippen molar-refractivity contribution in [3.8, 4) is 0 Å². The molecule has 6 nitrogen and oxygen atoms in total. The van der Waals surface area contributed by atoms with Gasteiger partial charge in [0, 0.05) is 50.0 Å². The fourth-order valence-corrected chi connectivity index (χ4v) is 6.16. The fraction of sp³-hybridized carbons (Fsp3) is 0.435. The smallest absolute Gasteiger partial charge is 0.243 e. The molecule has 4 rings (SSSR count).